The van der Waals surface area contributed by atoms with E-state index in [-0.39, 0.29) is 36.4 Å². The van der Waals surface area contributed by atoms with Crippen LogP contribution in [0.5, 0.6) is 17.2 Å². The molecular formula is C33H41N3O7S. The molecule has 3 aromatic carbocycles. The van der Waals surface area contributed by atoms with E-state index < -0.39 is 28.5 Å². The summed E-state index contributed by atoms with van der Waals surface area (Å²) in [5.74, 6) is 0.424. The summed E-state index contributed by atoms with van der Waals surface area (Å²) >= 11 is 0. The van der Waals surface area contributed by atoms with Crippen LogP contribution >= 0.6 is 0 Å². The maximum absolute atomic E-state index is 14.4. The summed E-state index contributed by atoms with van der Waals surface area (Å²) < 4.78 is 43.6. The Morgan fingerprint density at radius 1 is 0.864 bits per heavy atom. The minimum Gasteiger partial charge on any atom is -0.497 e. The predicted octanol–water partition coefficient (Wildman–Crippen LogP) is 4.18. The van der Waals surface area contributed by atoms with E-state index in [1.165, 1.54) is 25.2 Å². The molecule has 1 saturated carbocycles. The van der Waals surface area contributed by atoms with Gasteiger partial charge in [0.05, 0.1) is 33.3 Å². The number of methoxy groups -OCH3 is 3. The Bertz CT molecular complexity index is 1530. The second-order valence-electron chi connectivity index (χ2n) is 10.9. The zero-order valence-corrected chi connectivity index (χ0v) is 26.5. The zero-order valence-electron chi connectivity index (χ0n) is 25.7. The number of nitrogens with one attached hydrogen (secondary N) is 1. The third kappa shape index (κ3) is 8.43. The molecule has 44 heavy (non-hydrogen) atoms. The van der Waals surface area contributed by atoms with E-state index in [9.17, 15) is 18.0 Å². The van der Waals surface area contributed by atoms with Gasteiger partial charge in [-0.3, -0.25) is 13.9 Å². The lowest BCUT2D eigenvalue weighted by molar-refractivity contribution is -0.140. The Labute approximate surface area is 260 Å². The molecule has 0 saturated heterocycles. The van der Waals surface area contributed by atoms with Gasteiger partial charge in [-0.05, 0) is 48.2 Å². The van der Waals surface area contributed by atoms with Crippen molar-refractivity contribution in [3.8, 4) is 17.2 Å². The second-order valence-corrected chi connectivity index (χ2v) is 12.8. The number of hydrogen-bond acceptors (Lipinski definition) is 7. The van der Waals surface area contributed by atoms with E-state index in [2.05, 4.69) is 5.32 Å². The van der Waals surface area contributed by atoms with Crippen molar-refractivity contribution >= 4 is 27.5 Å². The van der Waals surface area contributed by atoms with Crippen LogP contribution in [0.3, 0.4) is 0 Å². The molecule has 3 aromatic rings. The van der Waals surface area contributed by atoms with Crippen LogP contribution in [0.1, 0.15) is 36.8 Å². The van der Waals surface area contributed by atoms with Gasteiger partial charge in [0.25, 0.3) is 0 Å². The first-order valence-corrected chi connectivity index (χ1v) is 16.4. The van der Waals surface area contributed by atoms with Crippen LogP contribution in [-0.2, 0) is 32.6 Å². The largest absolute Gasteiger partial charge is 0.497 e. The number of sulfonamides is 1. The minimum atomic E-state index is -3.98. The van der Waals surface area contributed by atoms with Crippen LogP contribution in [0.2, 0.25) is 0 Å². The van der Waals surface area contributed by atoms with Gasteiger partial charge in [-0.15, -0.1) is 0 Å². The molecule has 1 fully saturated rings. The molecule has 4 rings (SSSR count). The molecular weight excluding hydrogens is 582 g/mol. The molecule has 0 aliphatic heterocycles. The smallest absolute Gasteiger partial charge is 0.244 e. The molecule has 11 heteroatoms. The number of amides is 2. The van der Waals surface area contributed by atoms with Crippen molar-refractivity contribution in [2.75, 3.05) is 38.4 Å². The fourth-order valence-corrected chi connectivity index (χ4v) is 6.32. The number of hydrogen-bond donors (Lipinski definition) is 1. The molecule has 0 spiro atoms. The van der Waals surface area contributed by atoms with E-state index in [0.717, 1.165) is 47.4 Å². The van der Waals surface area contributed by atoms with Gasteiger partial charge < -0.3 is 24.4 Å². The Hall–Kier alpha value is -4.25. The third-order valence-corrected chi connectivity index (χ3v) is 8.92. The number of ether oxygens (including phenoxy) is 3. The van der Waals surface area contributed by atoms with Crippen molar-refractivity contribution in [2.45, 2.75) is 50.7 Å². The summed E-state index contributed by atoms with van der Waals surface area (Å²) in [5, 5.41) is 3.17. The third-order valence-electron chi connectivity index (χ3n) is 7.79. The molecule has 1 N–H and O–H groups in total. The highest BCUT2D eigenvalue weighted by molar-refractivity contribution is 7.92. The molecule has 0 aromatic heterocycles. The lowest BCUT2D eigenvalue weighted by Gasteiger charge is -2.34. The molecule has 10 nitrogen and oxygen atoms in total. The highest BCUT2D eigenvalue weighted by Crippen LogP contribution is 2.34. The van der Waals surface area contributed by atoms with Gasteiger partial charge in [0.1, 0.15) is 29.8 Å². The summed E-state index contributed by atoms with van der Waals surface area (Å²) in [6.45, 7) is -0.507. The summed E-state index contributed by atoms with van der Waals surface area (Å²) in [4.78, 5) is 29.9. The number of carbonyl (C=O) groups is 2. The van der Waals surface area contributed by atoms with Crippen LogP contribution < -0.4 is 23.8 Å². The summed E-state index contributed by atoms with van der Waals surface area (Å²) in [5.41, 5.74) is 1.75. The number of rotatable bonds is 14. The molecule has 0 radical (unpaired) electrons. The van der Waals surface area contributed by atoms with Crippen molar-refractivity contribution in [1.29, 1.82) is 0 Å². The maximum Gasteiger partial charge on any atom is 0.244 e. The van der Waals surface area contributed by atoms with E-state index >= 15 is 0 Å². The predicted molar refractivity (Wildman–Crippen MR) is 170 cm³/mol. The fraction of sp³-hybridized carbons (Fsp3) is 0.394. The monoisotopic (exact) mass is 623 g/mol. The molecule has 1 aliphatic carbocycles. The van der Waals surface area contributed by atoms with E-state index in [1.807, 2.05) is 42.5 Å². The summed E-state index contributed by atoms with van der Waals surface area (Å²) in [7, 11) is 0.464. The van der Waals surface area contributed by atoms with Crippen LogP contribution in [0.15, 0.2) is 72.8 Å². The maximum atomic E-state index is 14.4. The SMILES string of the molecule is COc1cccc(CN(C(=O)CN(c2cc(OC)ccc2OC)S(C)(=O)=O)C(Cc2ccccc2)C(=O)NC2CCCC2)c1. The van der Waals surface area contributed by atoms with Gasteiger partial charge in [-0.1, -0.05) is 55.3 Å². The van der Waals surface area contributed by atoms with E-state index in [4.69, 9.17) is 14.2 Å². The highest BCUT2D eigenvalue weighted by Gasteiger charge is 2.35. The van der Waals surface area contributed by atoms with Crippen molar-refractivity contribution in [3.05, 3.63) is 83.9 Å². The van der Waals surface area contributed by atoms with Crippen LogP contribution in [0.25, 0.3) is 0 Å². The van der Waals surface area contributed by atoms with Crippen molar-refractivity contribution < 1.29 is 32.2 Å². The molecule has 0 bridgehead atoms. The van der Waals surface area contributed by atoms with Crippen LogP contribution in [-0.4, -0.2) is 71.3 Å². The Morgan fingerprint density at radius 2 is 1.52 bits per heavy atom. The van der Waals surface area contributed by atoms with E-state index in [0.29, 0.717) is 11.5 Å². The van der Waals surface area contributed by atoms with Gasteiger partial charge in [0.2, 0.25) is 21.8 Å². The molecule has 0 heterocycles. The number of benzene rings is 3. The zero-order chi connectivity index (χ0) is 31.7. The van der Waals surface area contributed by atoms with Crippen LogP contribution in [0, 0.1) is 0 Å². The van der Waals surface area contributed by atoms with Gasteiger partial charge in [0.15, 0.2) is 0 Å². The lowest BCUT2D eigenvalue weighted by Crippen LogP contribution is -2.54. The molecule has 1 aliphatic rings. The number of anilines is 1. The average Bonchev–Trinajstić information content (AvgIpc) is 3.54. The van der Waals surface area contributed by atoms with Crippen molar-refractivity contribution in [1.82, 2.24) is 10.2 Å². The Morgan fingerprint density at radius 3 is 2.16 bits per heavy atom. The second kappa shape index (κ2) is 15.0. The highest BCUT2D eigenvalue weighted by atomic mass is 32.2. The molecule has 1 unspecified atom stereocenters. The quantitative estimate of drug-likeness (QED) is 0.287. The molecule has 2 amide bonds. The van der Waals surface area contributed by atoms with Gasteiger partial charge in [-0.2, -0.15) is 0 Å². The molecule has 1 atom stereocenters. The summed E-state index contributed by atoms with van der Waals surface area (Å²) in [6.07, 6.45) is 5.10. The lowest BCUT2D eigenvalue weighted by atomic mass is 10.0. The topological polar surface area (TPSA) is 114 Å². The number of carbonyl (C=O) groups excluding carboxylic acids is 2. The Kier molecular flexibility index (Phi) is 11.1. The molecule has 236 valence electrons. The van der Waals surface area contributed by atoms with Gasteiger partial charge in [-0.25, -0.2) is 8.42 Å². The first-order valence-electron chi connectivity index (χ1n) is 14.6. The first kappa shape index (κ1) is 32.7. The number of nitrogens with zero attached hydrogens (tertiary/aromatic N) is 2. The normalized spacial score (nSPS) is 14.0. The van der Waals surface area contributed by atoms with Crippen molar-refractivity contribution in [3.63, 3.8) is 0 Å². The van der Waals surface area contributed by atoms with Gasteiger partial charge >= 0.3 is 0 Å². The van der Waals surface area contributed by atoms with Gasteiger partial charge in [0, 0.05) is 25.1 Å². The fourth-order valence-electron chi connectivity index (χ4n) is 5.48. The first-order chi connectivity index (χ1) is 21.1. The average molecular weight is 624 g/mol. The summed E-state index contributed by atoms with van der Waals surface area (Å²) in [6, 6.07) is 20.6. The van der Waals surface area contributed by atoms with Crippen molar-refractivity contribution in [2.24, 2.45) is 0 Å². The van der Waals surface area contributed by atoms with E-state index in [1.54, 1.807) is 31.4 Å². The minimum absolute atomic E-state index is 0.0307. The standard InChI is InChI=1S/C33H41N3O7S/c1-41-27-16-10-13-25(19-27)22-35(30(20-24-11-6-5-7-12-24)33(38)34-26-14-8-9-15-26)32(37)23-36(44(4,39)40)29-21-28(42-2)17-18-31(29)43-3/h5-7,10-13,16-19,21,26,30H,8-9,14-15,20,22-23H2,1-4H3,(H,34,38). The van der Waals surface area contributed by atoms with Crippen LogP contribution in [0.4, 0.5) is 5.69 Å². The Balaban J connectivity index is 1.77.